The summed E-state index contributed by atoms with van der Waals surface area (Å²) in [6, 6.07) is 20.4. The average molecular weight is 549 g/mol. The van der Waals surface area contributed by atoms with E-state index < -0.39 is 0 Å². The van der Waals surface area contributed by atoms with Crippen LogP contribution >= 0.6 is 50.9 Å². The van der Waals surface area contributed by atoms with Crippen LogP contribution in [0.25, 0.3) is 6.08 Å². The summed E-state index contributed by atoms with van der Waals surface area (Å²) in [7, 11) is 0. The van der Waals surface area contributed by atoms with Crippen LogP contribution in [0.4, 0.5) is 4.79 Å². The van der Waals surface area contributed by atoms with Gasteiger partial charge in [-0.15, -0.1) is 0 Å². The van der Waals surface area contributed by atoms with Crippen molar-refractivity contribution < 1.29 is 14.3 Å². The van der Waals surface area contributed by atoms with Crippen molar-refractivity contribution in [1.29, 1.82) is 0 Å². The highest BCUT2D eigenvalue weighted by Gasteiger charge is 2.35. The largest absolute Gasteiger partial charge is 0.488 e. The number of hydrogen-bond donors (Lipinski definition) is 0. The van der Waals surface area contributed by atoms with E-state index in [1.807, 2.05) is 48.5 Å². The number of thioether (sulfide) groups is 1. The van der Waals surface area contributed by atoms with Gasteiger partial charge in [0.05, 0.1) is 15.9 Å². The third-order valence-corrected chi connectivity index (χ3v) is 6.98. The fourth-order valence-corrected chi connectivity index (χ4v) is 4.95. The summed E-state index contributed by atoms with van der Waals surface area (Å²) in [5.74, 6) is 0.309. The Morgan fingerprint density at radius 3 is 2.38 bits per heavy atom. The van der Waals surface area contributed by atoms with Gasteiger partial charge in [-0.25, -0.2) is 0 Å². The number of imide groups is 1. The fraction of sp³-hybridized carbons (Fsp3) is 0.0833. The lowest BCUT2D eigenvalue weighted by molar-refractivity contribution is -0.123. The van der Waals surface area contributed by atoms with Crippen LogP contribution in [-0.4, -0.2) is 16.0 Å². The number of nitrogens with zero attached hydrogens (tertiary/aromatic N) is 1. The summed E-state index contributed by atoms with van der Waals surface area (Å²) in [5.41, 5.74) is 2.38. The highest BCUT2D eigenvalue weighted by Crippen LogP contribution is 2.36. The fourth-order valence-electron chi connectivity index (χ4n) is 3.09. The van der Waals surface area contributed by atoms with Gasteiger partial charge in [0.15, 0.2) is 0 Å². The molecular weight excluding hydrogens is 533 g/mol. The van der Waals surface area contributed by atoms with Gasteiger partial charge in [-0.05, 0) is 69.2 Å². The molecule has 0 aromatic heterocycles. The summed E-state index contributed by atoms with van der Waals surface area (Å²) in [4.78, 5) is 26.8. The van der Waals surface area contributed by atoms with E-state index in [2.05, 4.69) is 15.9 Å². The van der Waals surface area contributed by atoms with Crippen LogP contribution in [0.3, 0.4) is 0 Å². The van der Waals surface area contributed by atoms with Crippen LogP contribution in [0.5, 0.6) is 5.75 Å². The molecule has 3 aromatic rings. The highest BCUT2D eigenvalue weighted by atomic mass is 79.9. The number of carbonyl (C=O) groups is 2. The molecule has 1 saturated heterocycles. The SMILES string of the molecule is O=C1S/C(=C/c2ccc(OCc3ccccc3)c(Br)c2)C(=O)N1Cc1c(Cl)cccc1Cl. The number of amides is 2. The van der Waals surface area contributed by atoms with Gasteiger partial charge in [-0.1, -0.05) is 65.7 Å². The normalized spacial score (nSPS) is 15.0. The predicted molar refractivity (Wildman–Crippen MR) is 133 cm³/mol. The Bertz CT molecular complexity index is 1200. The van der Waals surface area contributed by atoms with Crippen molar-refractivity contribution in [3.05, 3.63) is 103 Å². The number of hydrogen-bond acceptors (Lipinski definition) is 4. The Morgan fingerprint density at radius 2 is 1.69 bits per heavy atom. The van der Waals surface area contributed by atoms with E-state index in [0.29, 0.717) is 32.9 Å². The number of ether oxygens (including phenoxy) is 1. The molecule has 2 amide bonds. The molecule has 8 heteroatoms. The molecule has 1 aliphatic heterocycles. The van der Waals surface area contributed by atoms with Crippen molar-refractivity contribution in [3.8, 4) is 5.75 Å². The molecule has 0 saturated carbocycles. The standard InChI is InChI=1S/C24H16BrCl2NO3S/c25-18-11-16(9-10-21(18)31-14-15-5-2-1-3-6-15)12-22-23(29)28(24(30)32-22)13-17-19(26)7-4-8-20(17)27/h1-12H,13-14H2/b22-12+. The summed E-state index contributed by atoms with van der Waals surface area (Å²) in [5, 5.41) is 0.463. The first-order chi connectivity index (χ1) is 15.4. The van der Waals surface area contributed by atoms with Crippen molar-refractivity contribution in [1.82, 2.24) is 4.90 Å². The molecule has 1 fully saturated rings. The van der Waals surface area contributed by atoms with Crippen molar-refractivity contribution in [2.75, 3.05) is 0 Å². The lowest BCUT2D eigenvalue weighted by Gasteiger charge is -2.14. The minimum atomic E-state index is -0.378. The van der Waals surface area contributed by atoms with E-state index in [0.717, 1.165) is 32.3 Å². The first-order valence-electron chi connectivity index (χ1n) is 9.57. The zero-order valence-corrected chi connectivity index (χ0v) is 20.5. The van der Waals surface area contributed by atoms with Gasteiger partial charge >= 0.3 is 0 Å². The van der Waals surface area contributed by atoms with Crippen molar-refractivity contribution in [3.63, 3.8) is 0 Å². The maximum Gasteiger partial charge on any atom is 0.293 e. The third-order valence-electron chi connectivity index (χ3n) is 4.74. The summed E-state index contributed by atoms with van der Waals surface area (Å²) < 4.78 is 6.62. The molecule has 0 spiro atoms. The van der Waals surface area contributed by atoms with E-state index in [9.17, 15) is 9.59 Å². The van der Waals surface area contributed by atoms with Gasteiger partial charge in [-0.2, -0.15) is 0 Å². The zero-order valence-electron chi connectivity index (χ0n) is 16.6. The molecule has 1 heterocycles. The van der Waals surface area contributed by atoms with Gasteiger partial charge in [-0.3, -0.25) is 14.5 Å². The lowest BCUT2D eigenvalue weighted by Crippen LogP contribution is -2.27. The van der Waals surface area contributed by atoms with Gasteiger partial charge in [0.25, 0.3) is 11.1 Å². The number of benzene rings is 3. The van der Waals surface area contributed by atoms with Crippen LogP contribution < -0.4 is 4.74 Å². The molecule has 0 unspecified atom stereocenters. The van der Waals surface area contributed by atoms with Crippen LogP contribution in [0, 0.1) is 0 Å². The van der Waals surface area contributed by atoms with Crippen LogP contribution in [-0.2, 0) is 17.9 Å². The predicted octanol–water partition coefficient (Wildman–Crippen LogP) is 7.57. The molecular formula is C24H16BrCl2NO3S. The Morgan fingerprint density at radius 1 is 0.969 bits per heavy atom. The Hall–Kier alpha value is -2.25. The Kier molecular flexibility index (Phi) is 7.26. The molecule has 4 rings (SSSR count). The van der Waals surface area contributed by atoms with Gasteiger partial charge in [0, 0.05) is 15.6 Å². The van der Waals surface area contributed by atoms with Gasteiger partial charge in [0.2, 0.25) is 0 Å². The Labute approximate surface area is 208 Å². The second kappa shape index (κ2) is 10.1. The first-order valence-corrected chi connectivity index (χ1v) is 11.9. The first kappa shape index (κ1) is 22.9. The summed E-state index contributed by atoms with van der Waals surface area (Å²) in [6.07, 6.45) is 1.69. The summed E-state index contributed by atoms with van der Waals surface area (Å²) in [6.45, 7) is 0.471. The van der Waals surface area contributed by atoms with E-state index in [1.54, 1.807) is 24.3 Å². The van der Waals surface area contributed by atoms with Crippen LogP contribution in [0.15, 0.2) is 76.1 Å². The van der Waals surface area contributed by atoms with Crippen molar-refractivity contribution >= 4 is 68.1 Å². The molecule has 4 nitrogen and oxygen atoms in total. The van der Waals surface area contributed by atoms with Gasteiger partial charge in [0.1, 0.15) is 12.4 Å². The number of carbonyl (C=O) groups excluding carboxylic acids is 2. The van der Waals surface area contributed by atoms with Crippen molar-refractivity contribution in [2.24, 2.45) is 0 Å². The molecule has 3 aromatic carbocycles. The molecule has 0 aliphatic carbocycles. The molecule has 0 bridgehead atoms. The number of rotatable bonds is 6. The smallest absolute Gasteiger partial charge is 0.293 e. The van der Waals surface area contributed by atoms with E-state index in [4.69, 9.17) is 27.9 Å². The summed E-state index contributed by atoms with van der Waals surface area (Å²) >= 11 is 16.8. The molecule has 0 radical (unpaired) electrons. The monoisotopic (exact) mass is 547 g/mol. The topological polar surface area (TPSA) is 46.6 Å². The van der Waals surface area contributed by atoms with Gasteiger partial charge < -0.3 is 4.74 Å². The average Bonchev–Trinajstić information content (AvgIpc) is 3.03. The highest BCUT2D eigenvalue weighted by molar-refractivity contribution is 9.10. The minimum absolute atomic E-state index is 0.0243. The second-order valence-corrected chi connectivity index (χ2v) is 9.59. The minimum Gasteiger partial charge on any atom is -0.488 e. The molecule has 0 N–H and O–H groups in total. The maximum atomic E-state index is 12.9. The number of halogens is 3. The second-order valence-electron chi connectivity index (χ2n) is 6.93. The molecule has 32 heavy (non-hydrogen) atoms. The maximum absolute atomic E-state index is 12.9. The van der Waals surface area contributed by atoms with Crippen LogP contribution in [0.1, 0.15) is 16.7 Å². The van der Waals surface area contributed by atoms with Crippen LogP contribution in [0.2, 0.25) is 10.0 Å². The molecule has 0 atom stereocenters. The van der Waals surface area contributed by atoms with E-state index in [-0.39, 0.29) is 17.7 Å². The Balaban J connectivity index is 1.48. The molecule has 162 valence electrons. The third kappa shape index (κ3) is 5.21. The lowest BCUT2D eigenvalue weighted by atomic mass is 10.2. The van der Waals surface area contributed by atoms with E-state index in [1.165, 1.54) is 0 Å². The quantitative estimate of drug-likeness (QED) is 0.298. The van der Waals surface area contributed by atoms with Crippen molar-refractivity contribution in [2.45, 2.75) is 13.2 Å². The molecule has 1 aliphatic rings. The zero-order chi connectivity index (χ0) is 22.7. The van der Waals surface area contributed by atoms with E-state index >= 15 is 0 Å².